The Labute approximate surface area is 176 Å². The van der Waals surface area contributed by atoms with E-state index in [1.807, 2.05) is 10.9 Å². The highest BCUT2D eigenvalue weighted by Gasteiger charge is 2.24. The summed E-state index contributed by atoms with van der Waals surface area (Å²) in [6.45, 7) is 6.40. The molecule has 8 nitrogen and oxygen atoms in total. The van der Waals surface area contributed by atoms with Gasteiger partial charge in [-0.15, -0.1) is 0 Å². The Bertz CT molecular complexity index is 1030. The summed E-state index contributed by atoms with van der Waals surface area (Å²) in [7, 11) is 0. The third-order valence-corrected chi connectivity index (χ3v) is 6.11. The van der Waals surface area contributed by atoms with Crippen molar-refractivity contribution in [3.8, 4) is 11.1 Å². The van der Waals surface area contributed by atoms with Crippen LogP contribution in [0.4, 0.5) is 11.6 Å². The number of aryl methyl sites for hydroxylation is 1. The van der Waals surface area contributed by atoms with Crippen LogP contribution in [0.2, 0.25) is 0 Å². The largest absolute Gasteiger partial charge is 0.393 e. The summed E-state index contributed by atoms with van der Waals surface area (Å²) in [4.78, 5) is 14.1. The molecule has 0 amide bonds. The van der Waals surface area contributed by atoms with Gasteiger partial charge in [-0.1, -0.05) is 20.8 Å². The number of nitrogens with two attached hydrogens (primary N) is 1. The minimum absolute atomic E-state index is 0.206. The van der Waals surface area contributed by atoms with E-state index in [0.29, 0.717) is 17.4 Å². The number of rotatable bonds is 7. The summed E-state index contributed by atoms with van der Waals surface area (Å²) in [5.41, 5.74) is 10.2. The zero-order valence-electron chi connectivity index (χ0n) is 18.0. The maximum atomic E-state index is 9.88. The van der Waals surface area contributed by atoms with Crippen molar-refractivity contribution in [2.24, 2.45) is 0 Å². The van der Waals surface area contributed by atoms with Crippen molar-refractivity contribution in [1.82, 2.24) is 24.7 Å². The molecule has 3 aromatic heterocycles. The van der Waals surface area contributed by atoms with E-state index < -0.39 is 0 Å². The molecule has 0 bridgehead atoms. The molecule has 4 N–H and O–H groups in total. The number of aliphatic hydroxyl groups is 1. The average Bonchev–Trinajstić information content (AvgIpc) is 3.38. The predicted octanol–water partition coefficient (Wildman–Crippen LogP) is 3.72. The molecule has 0 radical (unpaired) electrons. The van der Waals surface area contributed by atoms with Crippen LogP contribution in [0, 0.1) is 0 Å². The van der Waals surface area contributed by atoms with Gasteiger partial charge in [0.05, 0.1) is 24.0 Å². The Kier molecular flexibility index (Phi) is 5.85. The number of nitrogens with one attached hydrogen (secondary N) is 1. The maximum Gasteiger partial charge on any atom is 0.151 e. The lowest BCUT2D eigenvalue weighted by atomic mass is 10.1. The molecule has 1 fully saturated rings. The number of hydrogen-bond acceptors (Lipinski definition) is 7. The molecule has 3 heterocycles. The van der Waals surface area contributed by atoms with E-state index in [1.54, 1.807) is 6.20 Å². The Morgan fingerprint density at radius 2 is 1.97 bits per heavy atom. The van der Waals surface area contributed by atoms with Gasteiger partial charge in [-0.05, 0) is 38.5 Å². The quantitative estimate of drug-likeness (QED) is 0.545. The average molecular weight is 410 g/mol. The summed E-state index contributed by atoms with van der Waals surface area (Å²) in [6, 6.07) is 0.577. The maximum absolute atomic E-state index is 9.88. The molecular weight excluding hydrogens is 378 g/mol. The van der Waals surface area contributed by atoms with Gasteiger partial charge in [-0.3, -0.25) is 4.68 Å². The highest BCUT2D eigenvalue weighted by atomic mass is 16.3. The van der Waals surface area contributed by atoms with Crippen LogP contribution in [0.3, 0.4) is 0 Å². The van der Waals surface area contributed by atoms with Crippen LogP contribution in [0.25, 0.3) is 22.2 Å². The van der Waals surface area contributed by atoms with Crippen molar-refractivity contribution in [1.29, 1.82) is 0 Å². The molecule has 1 saturated carbocycles. The topological polar surface area (TPSA) is 115 Å². The highest BCUT2D eigenvalue weighted by Crippen LogP contribution is 2.32. The number of nitrogen functional groups attached to an aromatic ring is 1. The van der Waals surface area contributed by atoms with Gasteiger partial charge in [-0.2, -0.15) is 5.10 Å². The highest BCUT2D eigenvalue weighted by molar-refractivity contribution is 5.96. The molecule has 1 aliphatic rings. The number of nitrogens with zero attached hydrogens (tertiary/aromatic N) is 5. The summed E-state index contributed by atoms with van der Waals surface area (Å²) < 4.78 is 2.02. The predicted molar refractivity (Wildman–Crippen MR) is 119 cm³/mol. The molecule has 0 unspecified atom stereocenters. The van der Waals surface area contributed by atoms with Crippen LogP contribution in [-0.2, 0) is 6.42 Å². The lowest BCUT2D eigenvalue weighted by molar-refractivity contribution is 0.182. The molecule has 0 aliphatic heterocycles. The van der Waals surface area contributed by atoms with Crippen LogP contribution < -0.4 is 11.1 Å². The van der Waals surface area contributed by atoms with E-state index in [-0.39, 0.29) is 12.1 Å². The molecule has 0 saturated heterocycles. The van der Waals surface area contributed by atoms with Crippen molar-refractivity contribution in [2.45, 2.75) is 77.5 Å². The lowest BCUT2D eigenvalue weighted by Gasteiger charge is -2.17. The first-order valence-corrected chi connectivity index (χ1v) is 11.0. The van der Waals surface area contributed by atoms with Crippen LogP contribution in [0.1, 0.15) is 64.6 Å². The van der Waals surface area contributed by atoms with E-state index in [1.165, 1.54) is 0 Å². The molecule has 8 heteroatoms. The van der Waals surface area contributed by atoms with E-state index in [4.69, 9.17) is 15.7 Å². The molecule has 30 heavy (non-hydrogen) atoms. The number of aliphatic hydroxyl groups excluding tert-OH is 1. The second-order valence-electron chi connectivity index (χ2n) is 8.11. The second kappa shape index (κ2) is 8.55. The number of anilines is 2. The third-order valence-electron chi connectivity index (χ3n) is 6.11. The normalized spacial score (nSPS) is 19.1. The van der Waals surface area contributed by atoms with Gasteiger partial charge < -0.3 is 16.2 Å². The summed E-state index contributed by atoms with van der Waals surface area (Å²) in [5, 5.41) is 18.0. The fraction of sp³-hybridized carbons (Fsp3) is 0.545. The summed E-state index contributed by atoms with van der Waals surface area (Å²) in [5.74, 6) is 1.15. The molecule has 0 spiro atoms. The standard InChI is InChI=1S/C22H31N7O/c1-4-15(5-2)29-12-13(10-25-29)17-11-24-21(23)20-19(17)28-22(18(6-3)27-20)26-14-7-8-16(30)9-14/h10-12,14-16,30H,4-9H2,1-3H3,(H2,23,24)(H,26,28)/t14-,16+/m1/s1. The Morgan fingerprint density at radius 3 is 2.63 bits per heavy atom. The summed E-state index contributed by atoms with van der Waals surface area (Å²) in [6.07, 6.45) is 10.7. The number of pyridine rings is 1. The fourth-order valence-corrected chi connectivity index (χ4v) is 4.29. The van der Waals surface area contributed by atoms with Gasteiger partial charge in [0.2, 0.25) is 0 Å². The first kappa shape index (κ1) is 20.5. The van der Waals surface area contributed by atoms with E-state index in [0.717, 1.165) is 66.7 Å². The van der Waals surface area contributed by atoms with Crippen molar-refractivity contribution in [3.05, 3.63) is 24.3 Å². The Balaban J connectivity index is 1.79. The van der Waals surface area contributed by atoms with Crippen LogP contribution in [0.5, 0.6) is 0 Å². The molecule has 1 aliphatic carbocycles. The van der Waals surface area contributed by atoms with Gasteiger partial charge in [-0.25, -0.2) is 15.0 Å². The Morgan fingerprint density at radius 1 is 1.17 bits per heavy atom. The minimum atomic E-state index is -0.243. The van der Waals surface area contributed by atoms with Crippen LogP contribution in [0.15, 0.2) is 18.6 Å². The van der Waals surface area contributed by atoms with Crippen LogP contribution >= 0.6 is 0 Å². The van der Waals surface area contributed by atoms with E-state index in [9.17, 15) is 5.11 Å². The number of fused-ring (bicyclic) bond motifs is 1. The smallest absolute Gasteiger partial charge is 0.151 e. The molecule has 4 rings (SSSR count). The van der Waals surface area contributed by atoms with Crippen molar-refractivity contribution in [2.75, 3.05) is 11.1 Å². The zero-order valence-corrected chi connectivity index (χ0v) is 18.0. The monoisotopic (exact) mass is 409 g/mol. The molecule has 3 aromatic rings. The van der Waals surface area contributed by atoms with Crippen molar-refractivity contribution in [3.63, 3.8) is 0 Å². The Hall–Kier alpha value is -2.74. The minimum Gasteiger partial charge on any atom is -0.393 e. The first-order chi connectivity index (χ1) is 14.5. The van der Waals surface area contributed by atoms with Crippen molar-refractivity contribution < 1.29 is 5.11 Å². The van der Waals surface area contributed by atoms with E-state index >= 15 is 0 Å². The molecule has 0 aromatic carbocycles. The SMILES string of the molecule is CCc1nc2c(N)ncc(-c3cnn(C(CC)CC)c3)c2nc1N[C@@H]1CC[C@H](O)C1. The molecule has 2 atom stereocenters. The fourth-order valence-electron chi connectivity index (χ4n) is 4.29. The molecular formula is C22H31N7O. The number of aromatic nitrogens is 5. The van der Waals surface area contributed by atoms with Gasteiger partial charge in [0.1, 0.15) is 16.9 Å². The first-order valence-electron chi connectivity index (χ1n) is 11.0. The second-order valence-corrected chi connectivity index (χ2v) is 8.11. The van der Waals surface area contributed by atoms with Gasteiger partial charge >= 0.3 is 0 Å². The number of hydrogen-bond donors (Lipinski definition) is 3. The lowest BCUT2D eigenvalue weighted by Crippen LogP contribution is -2.19. The summed E-state index contributed by atoms with van der Waals surface area (Å²) >= 11 is 0. The van der Waals surface area contributed by atoms with Gasteiger partial charge in [0.15, 0.2) is 5.82 Å². The van der Waals surface area contributed by atoms with Crippen LogP contribution in [-0.4, -0.2) is 42.0 Å². The van der Waals surface area contributed by atoms with Crippen molar-refractivity contribution >= 4 is 22.7 Å². The van der Waals surface area contributed by atoms with Gasteiger partial charge in [0.25, 0.3) is 0 Å². The molecule has 160 valence electrons. The zero-order chi connectivity index (χ0) is 21.3. The van der Waals surface area contributed by atoms with E-state index in [2.05, 4.69) is 42.4 Å². The van der Waals surface area contributed by atoms with Gasteiger partial charge in [0, 0.05) is 29.6 Å². The third kappa shape index (κ3) is 3.84.